The number of hydrogen-bond acceptors (Lipinski definition) is 5. The zero-order valence-corrected chi connectivity index (χ0v) is 11.9. The van der Waals surface area contributed by atoms with Crippen molar-refractivity contribution in [1.82, 2.24) is 0 Å². The second kappa shape index (κ2) is 6.23. The van der Waals surface area contributed by atoms with Crippen molar-refractivity contribution in [3.05, 3.63) is 29.1 Å². The lowest BCUT2D eigenvalue weighted by Crippen LogP contribution is -2.36. The third-order valence-electron chi connectivity index (χ3n) is 2.10. The second-order valence-electron chi connectivity index (χ2n) is 5.13. The molecule has 0 bridgehead atoms. The third kappa shape index (κ3) is 5.13. The van der Waals surface area contributed by atoms with Crippen LogP contribution in [0.25, 0.3) is 0 Å². The van der Waals surface area contributed by atoms with Crippen LogP contribution >= 0.6 is 0 Å². The van der Waals surface area contributed by atoms with Crippen LogP contribution in [0.2, 0.25) is 0 Å². The number of aromatic nitrogens is 1. The Balaban J connectivity index is 2.49. The first-order valence-corrected chi connectivity index (χ1v) is 6.04. The minimum absolute atomic E-state index is 0.0270. The van der Waals surface area contributed by atoms with Crippen molar-refractivity contribution in [2.75, 3.05) is 11.9 Å². The van der Waals surface area contributed by atoms with Gasteiger partial charge in [-0.3, -0.25) is 0 Å². The van der Waals surface area contributed by atoms with Gasteiger partial charge in [0, 0.05) is 6.07 Å². The highest BCUT2D eigenvalue weighted by atomic mass is 16.6. The number of ether oxygens (including phenoxy) is 2. The fourth-order valence-electron chi connectivity index (χ4n) is 1.33. The molecule has 0 aliphatic carbocycles. The molecule has 7 nitrogen and oxygen atoms in total. The molecule has 0 aliphatic rings. The van der Waals surface area contributed by atoms with Crippen molar-refractivity contribution >= 4 is 17.9 Å². The fourth-order valence-corrected chi connectivity index (χ4v) is 1.33. The number of nitrogens with one attached hydrogen (secondary N) is 1. The summed E-state index contributed by atoms with van der Waals surface area (Å²) < 4.78 is 10.2. The SMILES string of the molecule is Cc1cccc(NC(=O)OCC(=O)OC(C)(C)C)[n+]1[O-]. The third-order valence-corrected chi connectivity index (χ3v) is 2.10. The highest BCUT2D eigenvalue weighted by molar-refractivity contribution is 5.84. The predicted molar refractivity (Wildman–Crippen MR) is 71.0 cm³/mol. The Labute approximate surface area is 117 Å². The van der Waals surface area contributed by atoms with E-state index in [0.29, 0.717) is 10.4 Å². The number of esters is 1. The maximum atomic E-state index is 11.6. The van der Waals surface area contributed by atoms with E-state index in [0.717, 1.165) is 0 Å². The van der Waals surface area contributed by atoms with Crippen LogP contribution in [0.5, 0.6) is 0 Å². The van der Waals surface area contributed by atoms with Gasteiger partial charge in [-0.05, 0) is 33.8 Å². The molecular formula is C13H18N2O5. The molecule has 0 aromatic carbocycles. The van der Waals surface area contributed by atoms with Gasteiger partial charge in [-0.25, -0.2) is 9.52 Å². The summed E-state index contributed by atoms with van der Waals surface area (Å²) in [5.74, 6) is -0.633. The number of nitrogens with zero attached hydrogens (tertiary/aromatic N) is 1. The zero-order valence-electron chi connectivity index (χ0n) is 11.9. The van der Waals surface area contributed by atoms with Crippen LogP contribution in [-0.4, -0.2) is 24.3 Å². The molecule has 1 aromatic heterocycles. The van der Waals surface area contributed by atoms with Crippen molar-refractivity contribution in [2.45, 2.75) is 33.3 Å². The zero-order chi connectivity index (χ0) is 15.3. The van der Waals surface area contributed by atoms with Crippen molar-refractivity contribution in [1.29, 1.82) is 0 Å². The summed E-state index contributed by atoms with van der Waals surface area (Å²) in [5.41, 5.74) is -0.221. The Bertz CT molecular complexity index is 508. The van der Waals surface area contributed by atoms with Crippen LogP contribution in [0.15, 0.2) is 18.2 Å². The summed E-state index contributed by atoms with van der Waals surface area (Å²) in [6.07, 6.45) is -0.897. The van der Waals surface area contributed by atoms with Gasteiger partial charge in [0.15, 0.2) is 6.61 Å². The van der Waals surface area contributed by atoms with Gasteiger partial charge in [0.25, 0.3) is 5.82 Å². The van der Waals surface area contributed by atoms with Crippen molar-refractivity contribution in [2.24, 2.45) is 0 Å². The molecule has 1 rings (SSSR count). The first-order chi connectivity index (χ1) is 9.19. The summed E-state index contributed by atoms with van der Waals surface area (Å²) in [6.45, 7) is 6.20. The minimum Gasteiger partial charge on any atom is -0.710 e. The van der Waals surface area contributed by atoms with Crippen molar-refractivity contribution in [3.8, 4) is 0 Å². The lowest BCUT2D eigenvalue weighted by molar-refractivity contribution is -0.597. The number of aryl methyl sites for hydroxylation is 1. The monoisotopic (exact) mass is 282 g/mol. The molecule has 1 aromatic rings. The van der Waals surface area contributed by atoms with Crippen LogP contribution in [0.1, 0.15) is 26.5 Å². The van der Waals surface area contributed by atoms with E-state index in [2.05, 4.69) is 10.1 Å². The van der Waals surface area contributed by atoms with Crippen LogP contribution in [0, 0.1) is 12.1 Å². The molecule has 20 heavy (non-hydrogen) atoms. The van der Waals surface area contributed by atoms with Crippen LogP contribution in [-0.2, 0) is 14.3 Å². The van der Waals surface area contributed by atoms with Gasteiger partial charge in [-0.15, -0.1) is 0 Å². The molecule has 0 aliphatic heterocycles. The Morgan fingerprint density at radius 3 is 2.60 bits per heavy atom. The van der Waals surface area contributed by atoms with Gasteiger partial charge in [0.05, 0.1) is 0 Å². The van der Waals surface area contributed by atoms with Gasteiger partial charge in [-0.2, -0.15) is 10.1 Å². The van der Waals surface area contributed by atoms with Crippen molar-refractivity contribution in [3.63, 3.8) is 0 Å². The van der Waals surface area contributed by atoms with Gasteiger partial charge in [0.2, 0.25) is 0 Å². The van der Waals surface area contributed by atoms with Gasteiger partial charge < -0.3 is 14.7 Å². The maximum Gasteiger partial charge on any atom is 0.505 e. The molecule has 0 unspecified atom stereocenters. The van der Waals surface area contributed by atoms with Gasteiger partial charge >= 0.3 is 12.1 Å². The molecule has 0 fully saturated rings. The van der Waals surface area contributed by atoms with E-state index in [1.54, 1.807) is 39.8 Å². The minimum atomic E-state index is -0.897. The number of hydrogen-bond donors (Lipinski definition) is 1. The normalized spacial score (nSPS) is 10.8. The quantitative estimate of drug-likeness (QED) is 0.515. The molecular weight excluding hydrogens is 264 g/mol. The number of pyridine rings is 1. The Hall–Kier alpha value is -2.31. The highest BCUT2D eigenvalue weighted by Gasteiger charge is 2.19. The summed E-state index contributed by atoms with van der Waals surface area (Å²) in [7, 11) is 0. The molecule has 1 heterocycles. The largest absolute Gasteiger partial charge is 0.710 e. The van der Waals surface area contributed by atoms with E-state index in [1.165, 1.54) is 6.07 Å². The number of carbonyl (C=O) groups is 2. The maximum absolute atomic E-state index is 11.6. The van der Waals surface area contributed by atoms with E-state index in [1.807, 2.05) is 0 Å². The van der Waals surface area contributed by atoms with Crippen LogP contribution in [0.3, 0.4) is 0 Å². The Morgan fingerprint density at radius 1 is 1.35 bits per heavy atom. The summed E-state index contributed by atoms with van der Waals surface area (Å²) in [5, 5.41) is 13.8. The molecule has 1 N–H and O–H groups in total. The average molecular weight is 282 g/mol. The smallest absolute Gasteiger partial charge is 0.505 e. The topological polar surface area (TPSA) is 91.6 Å². The average Bonchev–Trinajstić information content (AvgIpc) is 2.30. The second-order valence-corrected chi connectivity index (χ2v) is 5.13. The summed E-state index contributed by atoms with van der Waals surface area (Å²) in [6, 6.07) is 4.64. The van der Waals surface area contributed by atoms with Crippen LogP contribution < -0.4 is 10.0 Å². The molecule has 0 saturated heterocycles. The standard InChI is InChI=1S/C13H18N2O5/c1-9-6-5-7-10(15(9)18)14-12(17)19-8-11(16)20-13(2,3)4/h5-7H,8H2,1-4H3,(H,14,17). The molecule has 110 valence electrons. The first-order valence-electron chi connectivity index (χ1n) is 6.04. The van der Waals surface area contributed by atoms with E-state index < -0.39 is 24.3 Å². The van der Waals surface area contributed by atoms with Gasteiger partial charge in [0.1, 0.15) is 11.3 Å². The molecule has 0 atom stereocenters. The highest BCUT2D eigenvalue weighted by Crippen LogP contribution is 2.07. The van der Waals surface area contributed by atoms with E-state index in [4.69, 9.17) is 4.74 Å². The lowest BCUT2D eigenvalue weighted by Gasteiger charge is -2.19. The Morgan fingerprint density at radius 2 is 2.00 bits per heavy atom. The van der Waals surface area contributed by atoms with E-state index in [-0.39, 0.29) is 5.82 Å². The molecule has 1 amide bonds. The summed E-state index contributed by atoms with van der Waals surface area (Å²) in [4.78, 5) is 22.8. The summed E-state index contributed by atoms with van der Waals surface area (Å²) >= 11 is 0. The molecule has 0 radical (unpaired) electrons. The molecule has 0 saturated carbocycles. The van der Waals surface area contributed by atoms with E-state index >= 15 is 0 Å². The van der Waals surface area contributed by atoms with Gasteiger partial charge in [-0.1, -0.05) is 6.07 Å². The first kappa shape index (κ1) is 15.7. The Kier molecular flexibility index (Phi) is 4.90. The lowest BCUT2D eigenvalue weighted by atomic mass is 10.2. The van der Waals surface area contributed by atoms with Crippen LogP contribution in [0.4, 0.5) is 10.6 Å². The number of anilines is 1. The number of carbonyl (C=O) groups excluding carboxylic acids is 2. The fraction of sp³-hybridized carbons (Fsp3) is 0.462. The van der Waals surface area contributed by atoms with Crippen molar-refractivity contribution < 1.29 is 23.8 Å². The predicted octanol–water partition coefficient (Wildman–Crippen LogP) is 1.52. The number of rotatable bonds is 3. The number of amides is 1. The van der Waals surface area contributed by atoms with E-state index in [9.17, 15) is 14.8 Å². The molecule has 7 heteroatoms. The molecule has 0 spiro atoms.